The molecule has 4 aromatic rings. The van der Waals surface area contributed by atoms with Crippen molar-refractivity contribution in [2.24, 2.45) is 0 Å². The third-order valence-corrected chi connectivity index (χ3v) is 6.75. The molecule has 0 unspecified atom stereocenters. The first-order chi connectivity index (χ1) is 16.5. The van der Waals surface area contributed by atoms with Crippen molar-refractivity contribution in [2.75, 3.05) is 0 Å². The third-order valence-electron chi connectivity index (χ3n) is 6.75. The molecule has 0 radical (unpaired) electrons. The normalized spacial score (nSPS) is 14.2. The van der Waals surface area contributed by atoms with Gasteiger partial charge in [-0.25, -0.2) is 0 Å². The van der Waals surface area contributed by atoms with Crippen LogP contribution in [0, 0.1) is 5.41 Å². The quantitative estimate of drug-likeness (QED) is 0.292. The van der Waals surface area contributed by atoms with Crippen LogP contribution in [-0.2, 0) is 24.9 Å². The third kappa shape index (κ3) is 4.79. The first-order valence-corrected chi connectivity index (χ1v) is 12.2. The molecule has 1 aliphatic rings. The minimum absolute atomic E-state index is 0. The van der Waals surface area contributed by atoms with Gasteiger partial charge in [0.1, 0.15) is 11.4 Å². The van der Waals surface area contributed by atoms with Crippen LogP contribution in [0.1, 0.15) is 61.7 Å². The highest BCUT2D eigenvalue weighted by molar-refractivity contribution is 8.93. The molecule has 0 spiro atoms. The molecular weight excluding hydrogens is 514 g/mol. The van der Waals surface area contributed by atoms with E-state index in [4.69, 9.17) is 10.1 Å². The van der Waals surface area contributed by atoms with E-state index < -0.39 is 0 Å². The fraction of sp³-hybridized carbons (Fsp3) is 0.333. The smallest absolute Gasteiger partial charge is 0.203 e. The number of nitrogens with one attached hydrogen (secondary N) is 1. The highest BCUT2D eigenvalue weighted by atomic mass is 79.9. The van der Waals surface area contributed by atoms with Gasteiger partial charge in [0.15, 0.2) is 5.78 Å². The number of aromatic nitrogens is 2. The Kier molecular flexibility index (Phi) is 6.78. The van der Waals surface area contributed by atoms with E-state index in [2.05, 4.69) is 46.8 Å². The molecule has 0 fully saturated rings. The van der Waals surface area contributed by atoms with Crippen LogP contribution in [0.3, 0.4) is 0 Å². The molecule has 0 bridgehead atoms. The zero-order valence-corrected chi connectivity index (χ0v) is 23.3. The molecule has 0 atom stereocenters. The molecule has 0 saturated heterocycles. The van der Waals surface area contributed by atoms with Gasteiger partial charge in [-0.3, -0.25) is 10.2 Å². The van der Waals surface area contributed by atoms with Gasteiger partial charge in [0.05, 0.1) is 24.1 Å². The Hall–Kier alpha value is -3.12. The number of hydrogen-bond acceptors (Lipinski definition) is 3. The molecule has 0 saturated carbocycles. The number of para-hydroxylation sites is 2. The fourth-order valence-electron chi connectivity index (χ4n) is 5.05. The molecule has 3 aromatic carbocycles. The average molecular weight is 549 g/mol. The van der Waals surface area contributed by atoms with Gasteiger partial charge in [-0.15, -0.1) is 17.0 Å². The van der Waals surface area contributed by atoms with Crippen LogP contribution in [0.5, 0.6) is 5.75 Å². The minimum Gasteiger partial charge on any atom is -0.487 e. The Morgan fingerprint density at radius 3 is 2.22 bits per heavy atom. The zero-order valence-electron chi connectivity index (χ0n) is 21.6. The maximum Gasteiger partial charge on any atom is 0.203 e. The Balaban J connectivity index is 0.00000304. The topological polar surface area (TPSA) is 60.0 Å². The number of halogens is 1. The zero-order chi connectivity index (χ0) is 25.0. The Labute approximate surface area is 223 Å². The lowest BCUT2D eigenvalue weighted by molar-refractivity contribution is 0.0971. The number of imidazole rings is 1. The van der Waals surface area contributed by atoms with E-state index in [1.54, 1.807) is 0 Å². The SMILES string of the molecule is Br.CC1(C)Cc2cc(C(=O)Cn3c(=N)n(Cc4ccccc4)c4ccccc43)cc(C(C)(C)C)c2O1. The van der Waals surface area contributed by atoms with E-state index in [1.165, 1.54) is 0 Å². The number of rotatable bonds is 5. The van der Waals surface area contributed by atoms with Crippen molar-refractivity contribution < 1.29 is 9.53 Å². The van der Waals surface area contributed by atoms with Crippen LogP contribution in [0.15, 0.2) is 66.7 Å². The number of fused-ring (bicyclic) bond motifs is 2. The molecule has 0 amide bonds. The lowest BCUT2D eigenvalue weighted by atomic mass is 9.83. The minimum atomic E-state index is -0.280. The Bertz CT molecular complexity index is 1490. The average Bonchev–Trinajstić information content (AvgIpc) is 3.25. The molecule has 1 aromatic heterocycles. The van der Waals surface area contributed by atoms with E-state index in [1.807, 2.05) is 63.7 Å². The summed E-state index contributed by atoms with van der Waals surface area (Å²) in [5, 5.41) is 8.95. The number of benzene rings is 3. The Morgan fingerprint density at radius 2 is 1.58 bits per heavy atom. The van der Waals surface area contributed by atoms with Crippen LogP contribution >= 0.6 is 17.0 Å². The molecule has 188 valence electrons. The summed E-state index contributed by atoms with van der Waals surface area (Å²) in [6.07, 6.45) is 0.778. The lowest BCUT2D eigenvalue weighted by Gasteiger charge is -2.25. The predicted molar refractivity (Wildman–Crippen MR) is 150 cm³/mol. The maximum absolute atomic E-state index is 13.7. The maximum atomic E-state index is 13.7. The molecule has 36 heavy (non-hydrogen) atoms. The van der Waals surface area contributed by atoms with Gasteiger partial charge in [-0.1, -0.05) is 63.2 Å². The van der Waals surface area contributed by atoms with Crippen molar-refractivity contribution in [3.63, 3.8) is 0 Å². The number of Topliss-reactive ketones (excluding diaryl/α,β-unsaturated/α-hetero) is 1. The highest BCUT2D eigenvalue weighted by Crippen LogP contribution is 2.43. The predicted octanol–water partition coefficient (Wildman–Crippen LogP) is 6.44. The van der Waals surface area contributed by atoms with E-state index in [-0.39, 0.29) is 40.3 Å². The number of nitrogens with zero attached hydrogens (tertiary/aromatic N) is 2. The monoisotopic (exact) mass is 547 g/mol. The molecule has 6 heteroatoms. The van der Waals surface area contributed by atoms with Crippen molar-refractivity contribution >= 4 is 33.8 Å². The van der Waals surface area contributed by atoms with Gasteiger partial charge in [-0.05, 0) is 54.7 Å². The van der Waals surface area contributed by atoms with Crippen molar-refractivity contribution in [3.8, 4) is 5.75 Å². The van der Waals surface area contributed by atoms with E-state index in [0.29, 0.717) is 17.7 Å². The molecule has 2 heterocycles. The Morgan fingerprint density at radius 1 is 0.972 bits per heavy atom. The number of carbonyl (C=O) groups excluding carboxylic acids is 1. The number of carbonyl (C=O) groups is 1. The van der Waals surface area contributed by atoms with Gasteiger partial charge in [0.25, 0.3) is 0 Å². The van der Waals surface area contributed by atoms with Gasteiger partial charge in [-0.2, -0.15) is 0 Å². The summed E-state index contributed by atoms with van der Waals surface area (Å²) >= 11 is 0. The lowest BCUT2D eigenvalue weighted by Crippen LogP contribution is -2.28. The molecule has 5 nitrogen and oxygen atoms in total. The second kappa shape index (κ2) is 9.40. The van der Waals surface area contributed by atoms with E-state index >= 15 is 0 Å². The summed E-state index contributed by atoms with van der Waals surface area (Å²) in [5.41, 5.74) is 5.69. The van der Waals surface area contributed by atoms with Gasteiger partial charge in [0, 0.05) is 17.5 Å². The number of ether oxygens (including phenoxy) is 1. The largest absolute Gasteiger partial charge is 0.487 e. The molecular formula is C30H34BrN3O2. The molecule has 1 N–H and O–H groups in total. The molecule has 1 aliphatic heterocycles. The van der Waals surface area contributed by atoms with Crippen molar-refractivity contribution in [3.05, 3.63) is 94.6 Å². The van der Waals surface area contributed by atoms with Crippen molar-refractivity contribution in [1.29, 1.82) is 5.41 Å². The van der Waals surface area contributed by atoms with Crippen LogP contribution in [-0.4, -0.2) is 20.5 Å². The molecule has 5 rings (SSSR count). The summed E-state index contributed by atoms with van der Waals surface area (Å²) in [4.78, 5) is 13.7. The van der Waals surface area contributed by atoms with E-state index in [0.717, 1.165) is 39.9 Å². The summed E-state index contributed by atoms with van der Waals surface area (Å²) in [7, 11) is 0. The summed E-state index contributed by atoms with van der Waals surface area (Å²) < 4.78 is 10.1. The first kappa shape index (κ1) is 26.0. The van der Waals surface area contributed by atoms with Crippen molar-refractivity contribution in [2.45, 2.75) is 65.1 Å². The van der Waals surface area contributed by atoms with Gasteiger partial charge >= 0.3 is 0 Å². The highest BCUT2D eigenvalue weighted by Gasteiger charge is 2.35. The number of hydrogen-bond donors (Lipinski definition) is 1. The summed E-state index contributed by atoms with van der Waals surface area (Å²) in [6.45, 7) is 11.3. The van der Waals surface area contributed by atoms with Crippen LogP contribution < -0.4 is 10.4 Å². The van der Waals surface area contributed by atoms with Crippen molar-refractivity contribution in [1.82, 2.24) is 9.13 Å². The number of ketones is 1. The summed E-state index contributed by atoms with van der Waals surface area (Å²) in [5.74, 6) is 0.927. The van der Waals surface area contributed by atoms with Crippen LogP contribution in [0.2, 0.25) is 0 Å². The molecule has 0 aliphatic carbocycles. The second-order valence-electron chi connectivity index (χ2n) is 11.2. The van der Waals surface area contributed by atoms with Crippen LogP contribution in [0.4, 0.5) is 0 Å². The second-order valence-corrected chi connectivity index (χ2v) is 11.2. The van der Waals surface area contributed by atoms with E-state index in [9.17, 15) is 4.79 Å². The van der Waals surface area contributed by atoms with Gasteiger partial charge < -0.3 is 13.9 Å². The summed E-state index contributed by atoms with van der Waals surface area (Å²) in [6, 6.07) is 22.1. The first-order valence-electron chi connectivity index (χ1n) is 12.2. The van der Waals surface area contributed by atoms with Crippen LogP contribution in [0.25, 0.3) is 11.0 Å². The van der Waals surface area contributed by atoms with Gasteiger partial charge in [0.2, 0.25) is 5.62 Å². The standard InChI is InChI=1S/C30H33N3O2.BrH/c1-29(2,3)23-16-21(15-22-17-30(4,5)35-27(22)23)26(34)19-33-25-14-10-9-13-24(25)32(28(33)31)18-20-11-7-6-8-12-20;/h6-16,31H,17-19H2,1-5H3;1H. The fourth-order valence-corrected chi connectivity index (χ4v) is 5.05.